The van der Waals surface area contributed by atoms with Crippen LogP contribution in [-0.2, 0) is 13.1 Å². The van der Waals surface area contributed by atoms with Crippen LogP contribution in [0.2, 0.25) is 10.0 Å². The molecule has 3 amide bonds. The topological polar surface area (TPSA) is 87.5 Å². The van der Waals surface area contributed by atoms with Gasteiger partial charge in [-0.3, -0.25) is 10.1 Å². The fraction of sp³-hybridized carbons (Fsp3) is 0.136. The van der Waals surface area contributed by atoms with Crippen LogP contribution in [0.3, 0.4) is 0 Å². The molecule has 2 aromatic carbocycles. The predicted octanol–water partition coefficient (Wildman–Crippen LogP) is 5.79. The van der Waals surface area contributed by atoms with Crippen LogP contribution >= 0.6 is 34.5 Å². The van der Waals surface area contributed by atoms with Crippen LogP contribution in [0.1, 0.15) is 21.8 Å². The van der Waals surface area contributed by atoms with E-state index in [0.29, 0.717) is 26.5 Å². The Morgan fingerprint density at radius 2 is 1.94 bits per heavy atom. The fourth-order valence-electron chi connectivity index (χ4n) is 3.00. The van der Waals surface area contributed by atoms with Crippen molar-refractivity contribution in [3.63, 3.8) is 0 Å². The number of carbonyl (C=O) groups is 2. The number of thiazole rings is 1. The molecule has 0 bridgehead atoms. The van der Waals surface area contributed by atoms with E-state index >= 15 is 0 Å². The van der Waals surface area contributed by atoms with E-state index < -0.39 is 6.03 Å². The van der Waals surface area contributed by atoms with E-state index in [2.05, 4.69) is 15.6 Å². The maximum absolute atomic E-state index is 12.7. The first kappa shape index (κ1) is 22.1. The summed E-state index contributed by atoms with van der Waals surface area (Å²) in [6.45, 7) is 0.564. The molecule has 4 aromatic rings. The number of nitrogens with zero attached hydrogens (tertiary/aromatic N) is 2. The average Bonchev–Trinajstić information content (AvgIpc) is 3.40. The summed E-state index contributed by atoms with van der Waals surface area (Å²) in [5.41, 5.74) is 2.14. The summed E-state index contributed by atoms with van der Waals surface area (Å²) >= 11 is 13.2. The summed E-state index contributed by atoms with van der Waals surface area (Å²) in [6.07, 6.45) is 0. The third-order valence-corrected chi connectivity index (χ3v) is 6.14. The maximum atomic E-state index is 12.7. The molecule has 0 unspecified atom stereocenters. The molecule has 0 aliphatic rings. The van der Waals surface area contributed by atoms with Crippen molar-refractivity contribution in [2.24, 2.45) is 0 Å². The van der Waals surface area contributed by atoms with Crippen LogP contribution in [-0.4, -0.2) is 28.9 Å². The van der Waals surface area contributed by atoms with Gasteiger partial charge in [0.25, 0.3) is 5.91 Å². The first-order valence-electron chi connectivity index (χ1n) is 9.56. The van der Waals surface area contributed by atoms with E-state index in [-0.39, 0.29) is 24.8 Å². The standard InChI is InChI=1S/C22H18Cl2N4O3S/c1-28(20(29)19-9-14-4-2-3-5-18(14)31-19)11-15-12-32-22(26-15)27-21(30)25-10-13-6-7-16(23)17(24)8-13/h2-9,12H,10-11H2,1H3,(H2,25,26,27,30). The molecule has 0 fully saturated rings. The molecule has 0 saturated heterocycles. The zero-order chi connectivity index (χ0) is 22.7. The number of benzene rings is 2. The van der Waals surface area contributed by atoms with Crippen molar-refractivity contribution in [2.75, 3.05) is 12.4 Å². The minimum Gasteiger partial charge on any atom is -0.451 e. The van der Waals surface area contributed by atoms with Crippen molar-refractivity contribution < 1.29 is 14.0 Å². The molecule has 10 heteroatoms. The van der Waals surface area contributed by atoms with Gasteiger partial charge in [-0.05, 0) is 29.8 Å². The molecule has 2 N–H and O–H groups in total. The van der Waals surface area contributed by atoms with Crippen LogP contribution in [0.4, 0.5) is 9.93 Å². The molecule has 164 valence electrons. The molecule has 4 rings (SSSR count). The summed E-state index contributed by atoms with van der Waals surface area (Å²) in [5.74, 6) is 0.0204. The summed E-state index contributed by atoms with van der Waals surface area (Å²) in [4.78, 5) is 30.7. The number of furan rings is 1. The van der Waals surface area contributed by atoms with E-state index in [1.165, 1.54) is 16.2 Å². The molecule has 2 heterocycles. The number of carbonyl (C=O) groups excluding carboxylic acids is 2. The third-order valence-electron chi connectivity index (χ3n) is 4.59. The molecule has 0 saturated carbocycles. The Morgan fingerprint density at radius 1 is 1.12 bits per heavy atom. The number of rotatable bonds is 6. The lowest BCUT2D eigenvalue weighted by atomic mass is 10.2. The highest BCUT2D eigenvalue weighted by Gasteiger charge is 2.18. The lowest BCUT2D eigenvalue weighted by molar-refractivity contribution is 0.0754. The highest BCUT2D eigenvalue weighted by atomic mass is 35.5. The van der Waals surface area contributed by atoms with Gasteiger partial charge in [-0.15, -0.1) is 11.3 Å². The number of anilines is 1. The quantitative estimate of drug-likeness (QED) is 0.359. The Labute approximate surface area is 197 Å². The lowest BCUT2D eigenvalue weighted by Crippen LogP contribution is -2.28. The monoisotopic (exact) mass is 488 g/mol. The van der Waals surface area contributed by atoms with Gasteiger partial charge in [0.15, 0.2) is 10.9 Å². The SMILES string of the molecule is CN(Cc1csc(NC(=O)NCc2ccc(Cl)c(Cl)c2)n1)C(=O)c1cc2ccccc2o1. The number of hydrogen-bond donors (Lipinski definition) is 2. The van der Waals surface area contributed by atoms with Crippen molar-refractivity contribution in [3.05, 3.63) is 81.0 Å². The molecule has 0 radical (unpaired) electrons. The summed E-state index contributed by atoms with van der Waals surface area (Å²) in [5, 5.41) is 9.39. The van der Waals surface area contributed by atoms with Gasteiger partial charge >= 0.3 is 6.03 Å². The second kappa shape index (κ2) is 9.60. The van der Waals surface area contributed by atoms with Crippen LogP contribution in [0.5, 0.6) is 0 Å². The zero-order valence-electron chi connectivity index (χ0n) is 16.9. The van der Waals surface area contributed by atoms with Crippen LogP contribution in [0.25, 0.3) is 11.0 Å². The molecule has 0 spiro atoms. The average molecular weight is 489 g/mol. The smallest absolute Gasteiger partial charge is 0.321 e. The highest BCUT2D eigenvalue weighted by molar-refractivity contribution is 7.13. The number of nitrogens with one attached hydrogen (secondary N) is 2. The summed E-state index contributed by atoms with van der Waals surface area (Å²) in [7, 11) is 1.67. The van der Waals surface area contributed by atoms with Crippen molar-refractivity contribution >= 4 is 62.6 Å². The van der Waals surface area contributed by atoms with Gasteiger partial charge in [0, 0.05) is 24.4 Å². The summed E-state index contributed by atoms with van der Waals surface area (Å²) in [6, 6.07) is 13.9. The Bertz CT molecular complexity index is 1250. The van der Waals surface area contributed by atoms with Crippen molar-refractivity contribution in [3.8, 4) is 0 Å². The second-order valence-electron chi connectivity index (χ2n) is 7.01. The van der Waals surface area contributed by atoms with E-state index in [1.54, 1.807) is 36.7 Å². The molecule has 0 aliphatic carbocycles. The number of hydrogen-bond acceptors (Lipinski definition) is 5. The zero-order valence-corrected chi connectivity index (χ0v) is 19.2. The second-order valence-corrected chi connectivity index (χ2v) is 8.68. The molecule has 0 aliphatic heterocycles. The van der Waals surface area contributed by atoms with Crippen LogP contribution in [0.15, 0.2) is 58.3 Å². The van der Waals surface area contributed by atoms with E-state index in [9.17, 15) is 9.59 Å². The highest BCUT2D eigenvalue weighted by Crippen LogP contribution is 2.23. The number of urea groups is 1. The van der Waals surface area contributed by atoms with Gasteiger partial charge in [-0.2, -0.15) is 0 Å². The lowest BCUT2D eigenvalue weighted by Gasteiger charge is -2.13. The minimum atomic E-state index is -0.399. The van der Waals surface area contributed by atoms with E-state index in [0.717, 1.165) is 10.9 Å². The van der Waals surface area contributed by atoms with Gasteiger partial charge < -0.3 is 14.6 Å². The Kier molecular flexibility index (Phi) is 6.64. The molecule has 2 aromatic heterocycles. The van der Waals surface area contributed by atoms with E-state index in [4.69, 9.17) is 27.6 Å². The van der Waals surface area contributed by atoms with Crippen molar-refractivity contribution in [1.29, 1.82) is 0 Å². The van der Waals surface area contributed by atoms with Crippen molar-refractivity contribution in [1.82, 2.24) is 15.2 Å². The van der Waals surface area contributed by atoms with Gasteiger partial charge in [0.05, 0.1) is 22.3 Å². The fourth-order valence-corrected chi connectivity index (χ4v) is 4.02. The van der Waals surface area contributed by atoms with Gasteiger partial charge in [0.1, 0.15) is 5.58 Å². The molecule has 0 atom stereocenters. The first-order chi connectivity index (χ1) is 15.4. The third kappa shape index (κ3) is 5.21. The van der Waals surface area contributed by atoms with E-state index in [1.807, 2.05) is 24.3 Å². The largest absolute Gasteiger partial charge is 0.451 e. The van der Waals surface area contributed by atoms with Gasteiger partial charge in [0.2, 0.25) is 0 Å². The Hall–Kier alpha value is -3.07. The molecular formula is C22H18Cl2N4O3S. The number of fused-ring (bicyclic) bond motifs is 1. The number of halogens is 2. The predicted molar refractivity (Wildman–Crippen MR) is 126 cm³/mol. The Morgan fingerprint density at radius 3 is 2.72 bits per heavy atom. The molecule has 32 heavy (non-hydrogen) atoms. The minimum absolute atomic E-state index is 0.247. The normalized spacial score (nSPS) is 10.8. The maximum Gasteiger partial charge on any atom is 0.321 e. The molecular weight excluding hydrogens is 471 g/mol. The Balaban J connectivity index is 1.31. The first-order valence-corrected chi connectivity index (χ1v) is 11.2. The van der Waals surface area contributed by atoms with Crippen molar-refractivity contribution in [2.45, 2.75) is 13.1 Å². The molecule has 7 nitrogen and oxygen atoms in total. The number of para-hydroxylation sites is 1. The van der Waals surface area contributed by atoms with Crippen LogP contribution in [0, 0.1) is 0 Å². The number of amides is 3. The van der Waals surface area contributed by atoms with Crippen LogP contribution < -0.4 is 10.6 Å². The van der Waals surface area contributed by atoms with Gasteiger partial charge in [-0.25, -0.2) is 9.78 Å². The van der Waals surface area contributed by atoms with Gasteiger partial charge in [-0.1, -0.05) is 47.5 Å². The summed E-state index contributed by atoms with van der Waals surface area (Å²) < 4.78 is 5.63. The number of aromatic nitrogens is 1.